The molecule has 16 heavy (non-hydrogen) atoms. The van der Waals surface area contributed by atoms with Crippen LogP contribution in [0.2, 0.25) is 0 Å². The lowest BCUT2D eigenvalue weighted by atomic mass is 10.0. The van der Waals surface area contributed by atoms with E-state index in [1.807, 2.05) is 20.8 Å². The van der Waals surface area contributed by atoms with Gasteiger partial charge in [-0.25, -0.2) is 0 Å². The number of carbonyl (C=O) groups is 2. The normalized spacial score (nSPS) is 12.3. The van der Waals surface area contributed by atoms with Crippen LogP contribution in [0.1, 0.15) is 33.6 Å². The lowest BCUT2D eigenvalue weighted by Gasteiger charge is -2.14. The Hall–Kier alpha value is -1.10. The molecular weight excluding hydrogens is 206 g/mol. The van der Waals surface area contributed by atoms with E-state index in [0.29, 0.717) is 6.54 Å². The van der Waals surface area contributed by atoms with E-state index in [-0.39, 0.29) is 36.7 Å². The van der Waals surface area contributed by atoms with Gasteiger partial charge in [-0.2, -0.15) is 0 Å². The van der Waals surface area contributed by atoms with Crippen molar-refractivity contribution < 1.29 is 9.59 Å². The molecule has 0 saturated heterocycles. The van der Waals surface area contributed by atoms with E-state index in [2.05, 4.69) is 10.6 Å². The quantitative estimate of drug-likeness (QED) is 0.574. The monoisotopic (exact) mass is 229 g/mol. The molecule has 0 aromatic rings. The van der Waals surface area contributed by atoms with Crippen molar-refractivity contribution in [3.63, 3.8) is 0 Å². The number of amides is 2. The number of nitrogens with one attached hydrogen (secondary N) is 2. The highest BCUT2D eigenvalue weighted by molar-refractivity contribution is 5.84. The first kappa shape index (κ1) is 14.9. The second-order valence-corrected chi connectivity index (χ2v) is 4.24. The van der Waals surface area contributed by atoms with Gasteiger partial charge in [0.15, 0.2) is 0 Å². The fourth-order valence-electron chi connectivity index (χ4n) is 1.03. The van der Waals surface area contributed by atoms with E-state index >= 15 is 0 Å². The van der Waals surface area contributed by atoms with Crippen LogP contribution in [-0.2, 0) is 9.59 Å². The predicted octanol–water partition coefficient (Wildman–Crippen LogP) is 0.00220. The van der Waals surface area contributed by atoms with Crippen LogP contribution < -0.4 is 16.4 Å². The molecule has 0 aromatic heterocycles. The molecule has 0 rings (SSSR count). The molecule has 0 heterocycles. The summed E-state index contributed by atoms with van der Waals surface area (Å²) in [5.74, 6) is -0.0687. The third-order valence-electron chi connectivity index (χ3n) is 2.30. The Morgan fingerprint density at radius 3 is 2.31 bits per heavy atom. The number of rotatable bonds is 7. The summed E-state index contributed by atoms with van der Waals surface area (Å²) >= 11 is 0. The standard InChI is InChI=1S/C11H23N3O2/c1-4-5-13-11(16)7-14-10(15)6-9(12)8(2)3/h8-9H,4-7,12H2,1-3H3,(H,13,16)(H,14,15). The predicted molar refractivity (Wildman–Crippen MR) is 63.7 cm³/mol. The molecule has 0 aromatic carbocycles. The van der Waals surface area contributed by atoms with Crippen LogP contribution in [0.3, 0.4) is 0 Å². The molecule has 0 aliphatic carbocycles. The SMILES string of the molecule is CCCNC(=O)CNC(=O)CC(N)C(C)C. The highest BCUT2D eigenvalue weighted by Gasteiger charge is 2.13. The highest BCUT2D eigenvalue weighted by atomic mass is 16.2. The Kier molecular flexibility index (Phi) is 7.54. The Balaban J connectivity index is 3.69. The Labute approximate surface area is 97.2 Å². The van der Waals surface area contributed by atoms with E-state index < -0.39 is 0 Å². The zero-order valence-corrected chi connectivity index (χ0v) is 10.4. The van der Waals surface area contributed by atoms with Crippen LogP contribution in [0.4, 0.5) is 0 Å². The van der Waals surface area contributed by atoms with E-state index in [0.717, 1.165) is 6.42 Å². The van der Waals surface area contributed by atoms with Crippen molar-refractivity contribution in [3.8, 4) is 0 Å². The number of nitrogens with two attached hydrogens (primary N) is 1. The smallest absolute Gasteiger partial charge is 0.239 e. The molecule has 1 unspecified atom stereocenters. The molecule has 94 valence electrons. The largest absolute Gasteiger partial charge is 0.355 e. The second kappa shape index (κ2) is 8.10. The van der Waals surface area contributed by atoms with Crippen LogP contribution in [0, 0.1) is 5.92 Å². The van der Waals surface area contributed by atoms with E-state index in [9.17, 15) is 9.59 Å². The van der Waals surface area contributed by atoms with Crippen LogP contribution in [0.5, 0.6) is 0 Å². The Morgan fingerprint density at radius 2 is 1.81 bits per heavy atom. The summed E-state index contributed by atoms with van der Waals surface area (Å²) < 4.78 is 0. The first-order valence-electron chi connectivity index (χ1n) is 5.76. The summed E-state index contributed by atoms with van der Waals surface area (Å²) in [7, 11) is 0. The third kappa shape index (κ3) is 7.23. The molecule has 0 aliphatic heterocycles. The molecular formula is C11H23N3O2. The van der Waals surface area contributed by atoms with Gasteiger partial charge in [0.1, 0.15) is 0 Å². The summed E-state index contributed by atoms with van der Waals surface area (Å²) in [6.45, 7) is 6.57. The first-order valence-corrected chi connectivity index (χ1v) is 5.76. The molecule has 1 atom stereocenters. The average Bonchev–Trinajstić information content (AvgIpc) is 2.23. The summed E-state index contributed by atoms with van der Waals surface area (Å²) in [6.07, 6.45) is 1.15. The molecule has 0 spiro atoms. The van der Waals surface area contributed by atoms with Gasteiger partial charge in [-0.3, -0.25) is 9.59 Å². The van der Waals surface area contributed by atoms with Crippen molar-refractivity contribution in [3.05, 3.63) is 0 Å². The van der Waals surface area contributed by atoms with Crippen LogP contribution in [0.25, 0.3) is 0 Å². The maximum Gasteiger partial charge on any atom is 0.239 e. The van der Waals surface area contributed by atoms with Gasteiger partial charge >= 0.3 is 0 Å². The Bertz CT molecular complexity index is 229. The van der Waals surface area contributed by atoms with Gasteiger partial charge in [0.25, 0.3) is 0 Å². The average molecular weight is 229 g/mol. The van der Waals surface area contributed by atoms with Crippen molar-refractivity contribution >= 4 is 11.8 Å². The van der Waals surface area contributed by atoms with Gasteiger partial charge in [0.05, 0.1) is 6.54 Å². The van der Waals surface area contributed by atoms with Gasteiger partial charge in [-0.1, -0.05) is 20.8 Å². The van der Waals surface area contributed by atoms with Crippen LogP contribution in [0.15, 0.2) is 0 Å². The lowest BCUT2D eigenvalue weighted by molar-refractivity contribution is -0.126. The van der Waals surface area contributed by atoms with E-state index in [4.69, 9.17) is 5.73 Å². The molecule has 2 amide bonds. The van der Waals surface area contributed by atoms with Crippen LogP contribution in [-0.4, -0.2) is 30.9 Å². The van der Waals surface area contributed by atoms with Crippen molar-refractivity contribution in [2.75, 3.05) is 13.1 Å². The molecule has 0 bridgehead atoms. The van der Waals surface area contributed by atoms with E-state index in [1.165, 1.54) is 0 Å². The van der Waals surface area contributed by atoms with Crippen molar-refractivity contribution in [2.24, 2.45) is 11.7 Å². The van der Waals surface area contributed by atoms with Crippen LogP contribution >= 0.6 is 0 Å². The molecule has 0 fully saturated rings. The fourth-order valence-corrected chi connectivity index (χ4v) is 1.03. The molecule has 5 nitrogen and oxygen atoms in total. The van der Waals surface area contributed by atoms with E-state index in [1.54, 1.807) is 0 Å². The van der Waals surface area contributed by atoms with Crippen molar-refractivity contribution in [2.45, 2.75) is 39.7 Å². The molecule has 5 heteroatoms. The summed E-state index contributed by atoms with van der Waals surface area (Å²) in [6, 6.07) is -0.154. The number of hydrogen-bond acceptors (Lipinski definition) is 3. The second-order valence-electron chi connectivity index (χ2n) is 4.24. The minimum atomic E-state index is -0.173. The van der Waals surface area contributed by atoms with Gasteiger partial charge in [0.2, 0.25) is 11.8 Å². The zero-order valence-electron chi connectivity index (χ0n) is 10.4. The first-order chi connectivity index (χ1) is 7.47. The molecule has 0 radical (unpaired) electrons. The minimum absolute atomic E-state index is 0.0314. The summed E-state index contributed by atoms with van der Waals surface area (Å²) in [5.41, 5.74) is 5.74. The van der Waals surface area contributed by atoms with Crippen molar-refractivity contribution in [1.82, 2.24) is 10.6 Å². The molecule has 4 N–H and O–H groups in total. The number of carbonyl (C=O) groups excluding carboxylic acids is 2. The fraction of sp³-hybridized carbons (Fsp3) is 0.818. The summed E-state index contributed by atoms with van der Waals surface area (Å²) in [4.78, 5) is 22.5. The third-order valence-corrected chi connectivity index (χ3v) is 2.30. The maximum atomic E-state index is 11.4. The summed E-state index contributed by atoms with van der Waals surface area (Å²) in [5, 5.41) is 5.22. The van der Waals surface area contributed by atoms with Crippen molar-refractivity contribution in [1.29, 1.82) is 0 Å². The maximum absolute atomic E-state index is 11.4. The number of hydrogen-bond donors (Lipinski definition) is 3. The van der Waals surface area contributed by atoms with Gasteiger partial charge < -0.3 is 16.4 Å². The van der Waals surface area contributed by atoms with Gasteiger partial charge in [-0.05, 0) is 12.3 Å². The molecule has 0 saturated carbocycles. The highest BCUT2D eigenvalue weighted by Crippen LogP contribution is 2.01. The molecule has 0 aliphatic rings. The van der Waals surface area contributed by atoms with Gasteiger partial charge in [0, 0.05) is 19.0 Å². The lowest BCUT2D eigenvalue weighted by Crippen LogP contribution is -2.40. The van der Waals surface area contributed by atoms with Gasteiger partial charge in [-0.15, -0.1) is 0 Å². The zero-order chi connectivity index (χ0) is 12.6. The topological polar surface area (TPSA) is 84.2 Å². The minimum Gasteiger partial charge on any atom is -0.355 e. The Morgan fingerprint density at radius 1 is 1.19 bits per heavy atom.